The van der Waals surface area contributed by atoms with Crippen LogP contribution in [-0.2, 0) is 20.7 Å². The van der Waals surface area contributed by atoms with Crippen LogP contribution in [0.2, 0.25) is 0 Å². The van der Waals surface area contributed by atoms with Crippen molar-refractivity contribution in [2.75, 3.05) is 32.7 Å². The van der Waals surface area contributed by atoms with Crippen molar-refractivity contribution in [1.82, 2.24) is 0 Å². The molecule has 0 aliphatic rings. The number of amides is 1. The van der Waals surface area contributed by atoms with Crippen LogP contribution in [-0.4, -0.2) is 39.4 Å². The molecule has 140 valence electrons. The third kappa shape index (κ3) is 6.48. The highest BCUT2D eigenvalue weighted by atomic mass is 16.5. The second-order valence-corrected chi connectivity index (χ2v) is 5.86. The summed E-state index contributed by atoms with van der Waals surface area (Å²) in [4.78, 5) is 11.9. The molecule has 2 rings (SSSR count). The maximum atomic E-state index is 11.9. The average Bonchev–Trinajstić information content (AvgIpc) is 2.67. The highest BCUT2D eigenvalue weighted by molar-refractivity contribution is 5.91. The molecule has 1 atom stereocenters. The predicted molar refractivity (Wildman–Crippen MR) is 102 cm³/mol. The van der Waals surface area contributed by atoms with E-state index in [0.717, 1.165) is 12.2 Å². The van der Waals surface area contributed by atoms with E-state index in [2.05, 4.69) is 5.32 Å². The van der Waals surface area contributed by atoms with E-state index in [1.54, 1.807) is 26.4 Å². The quantitative estimate of drug-likeness (QED) is 0.682. The first-order valence-electron chi connectivity index (χ1n) is 8.53. The summed E-state index contributed by atoms with van der Waals surface area (Å²) in [5, 5.41) is 2.82. The molecule has 1 amide bonds. The molecule has 3 N–H and O–H groups in total. The van der Waals surface area contributed by atoms with Gasteiger partial charge in [-0.2, -0.15) is 0 Å². The molecule has 0 saturated heterocycles. The van der Waals surface area contributed by atoms with Gasteiger partial charge < -0.3 is 25.3 Å². The van der Waals surface area contributed by atoms with Gasteiger partial charge in [0.05, 0.1) is 19.1 Å². The van der Waals surface area contributed by atoms with E-state index in [9.17, 15) is 4.79 Å². The highest BCUT2D eigenvalue weighted by Gasteiger charge is 2.11. The number of benzene rings is 2. The van der Waals surface area contributed by atoms with Gasteiger partial charge in [-0.15, -0.1) is 0 Å². The molecule has 0 saturated carbocycles. The molecule has 2 aromatic carbocycles. The van der Waals surface area contributed by atoms with Crippen LogP contribution in [0.1, 0.15) is 12.0 Å². The first-order valence-corrected chi connectivity index (χ1v) is 8.53. The number of hydrogen-bond donors (Lipinski definition) is 2. The minimum Gasteiger partial charge on any atom is -0.457 e. The minimum atomic E-state index is -0.274. The summed E-state index contributed by atoms with van der Waals surface area (Å²) >= 11 is 0. The fourth-order valence-corrected chi connectivity index (χ4v) is 2.37. The maximum Gasteiger partial charge on any atom is 0.227 e. The summed E-state index contributed by atoms with van der Waals surface area (Å²) in [6, 6.07) is 15.1. The fraction of sp³-hybridized carbons (Fsp3) is 0.350. The number of ether oxygens (including phenoxy) is 3. The lowest BCUT2D eigenvalue weighted by Gasteiger charge is -2.13. The predicted octanol–water partition coefficient (Wildman–Crippen LogP) is 2.97. The van der Waals surface area contributed by atoms with Crippen LogP contribution in [0.15, 0.2) is 48.5 Å². The van der Waals surface area contributed by atoms with Gasteiger partial charge in [0, 0.05) is 26.5 Å². The van der Waals surface area contributed by atoms with Crippen molar-refractivity contribution in [2.45, 2.75) is 18.9 Å². The number of anilines is 1. The summed E-state index contributed by atoms with van der Waals surface area (Å²) in [6.07, 6.45) is 0.824. The van der Waals surface area contributed by atoms with E-state index in [1.807, 2.05) is 36.4 Å². The van der Waals surface area contributed by atoms with Crippen molar-refractivity contribution < 1.29 is 19.0 Å². The fourth-order valence-electron chi connectivity index (χ4n) is 2.37. The standard InChI is InChI=1S/C20H26N2O4/c1-24-12-11-15-3-7-17(8-4-15)26-18-9-5-16(6-10-18)22-20(23)13-19(14-21)25-2/h3-10,19H,11-14,21H2,1-2H3,(H,22,23). The van der Waals surface area contributed by atoms with Crippen molar-refractivity contribution in [1.29, 1.82) is 0 Å². The van der Waals surface area contributed by atoms with E-state index < -0.39 is 0 Å². The lowest BCUT2D eigenvalue weighted by molar-refractivity contribution is -0.118. The van der Waals surface area contributed by atoms with Gasteiger partial charge in [0.25, 0.3) is 0 Å². The summed E-state index contributed by atoms with van der Waals surface area (Å²) < 4.78 is 16.0. The Morgan fingerprint density at radius 1 is 1.04 bits per heavy atom. The summed E-state index contributed by atoms with van der Waals surface area (Å²) in [5.41, 5.74) is 7.42. The third-order valence-electron chi connectivity index (χ3n) is 3.90. The van der Waals surface area contributed by atoms with Crippen molar-refractivity contribution in [3.8, 4) is 11.5 Å². The molecule has 0 bridgehead atoms. The Labute approximate surface area is 154 Å². The number of carbonyl (C=O) groups is 1. The minimum absolute atomic E-state index is 0.136. The molecule has 2 aromatic rings. The van der Waals surface area contributed by atoms with Crippen molar-refractivity contribution in [2.24, 2.45) is 5.73 Å². The first-order chi connectivity index (χ1) is 12.6. The van der Waals surface area contributed by atoms with E-state index in [4.69, 9.17) is 19.9 Å². The second kappa shape index (κ2) is 10.6. The Bertz CT molecular complexity index is 667. The van der Waals surface area contributed by atoms with Crippen LogP contribution in [0.3, 0.4) is 0 Å². The first kappa shape index (κ1) is 19.9. The van der Waals surface area contributed by atoms with Crippen LogP contribution in [0.4, 0.5) is 5.69 Å². The smallest absolute Gasteiger partial charge is 0.227 e. The van der Waals surface area contributed by atoms with Crippen LogP contribution < -0.4 is 15.8 Å². The molecule has 6 heteroatoms. The molecule has 0 aliphatic carbocycles. The second-order valence-electron chi connectivity index (χ2n) is 5.86. The normalized spacial score (nSPS) is 11.8. The summed E-state index contributed by atoms with van der Waals surface area (Å²) in [5.74, 6) is 1.32. The van der Waals surface area contributed by atoms with Crippen molar-refractivity contribution >= 4 is 11.6 Å². The Morgan fingerprint density at radius 3 is 2.19 bits per heavy atom. The monoisotopic (exact) mass is 358 g/mol. The van der Waals surface area contributed by atoms with Crippen molar-refractivity contribution in [3.05, 3.63) is 54.1 Å². The molecule has 0 fully saturated rings. The van der Waals surface area contributed by atoms with E-state index in [1.165, 1.54) is 5.56 Å². The van der Waals surface area contributed by atoms with Gasteiger partial charge in [0.2, 0.25) is 5.91 Å². The van der Waals surface area contributed by atoms with Gasteiger partial charge in [-0.3, -0.25) is 4.79 Å². The number of carbonyl (C=O) groups excluding carboxylic acids is 1. The number of rotatable bonds is 10. The van der Waals surface area contributed by atoms with E-state index in [0.29, 0.717) is 24.6 Å². The Hall–Kier alpha value is -2.41. The van der Waals surface area contributed by atoms with Gasteiger partial charge in [-0.1, -0.05) is 12.1 Å². The molecule has 6 nitrogen and oxygen atoms in total. The molecular formula is C20H26N2O4. The number of methoxy groups -OCH3 is 2. The molecule has 0 aliphatic heterocycles. The zero-order valence-electron chi connectivity index (χ0n) is 15.2. The number of hydrogen-bond acceptors (Lipinski definition) is 5. The van der Waals surface area contributed by atoms with Crippen LogP contribution in [0.5, 0.6) is 11.5 Å². The average molecular weight is 358 g/mol. The van der Waals surface area contributed by atoms with E-state index >= 15 is 0 Å². The van der Waals surface area contributed by atoms with Crippen LogP contribution in [0, 0.1) is 0 Å². The number of nitrogens with one attached hydrogen (secondary N) is 1. The van der Waals surface area contributed by atoms with Gasteiger partial charge in [-0.25, -0.2) is 0 Å². The largest absolute Gasteiger partial charge is 0.457 e. The lowest BCUT2D eigenvalue weighted by Crippen LogP contribution is -2.28. The summed E-state index contributed by atoms with van der Waals surface area (Å²) in [7, 11) is 3.23. The molecule has 26 heavy (non-hydrogen) atoms. The maximum absolute atomic E-state index is 11.9. The van der Waals surface area contributed by atoms with Gasteiger partial charge in [0.15, 0.2) is 0 Å². The van der Waals surface area contributed by atoms with Crippen LogP contribution in [0.25, 0.3) is 0 Å². The Balaban J connectivity index is 1.87. The molecule has 0 heterocycles. The van der Waals surface area contributed by atoms with E-state index in [-0.39, 0.29) is 18.4 Å². The molecule has 0 aromatic heterocycles. The van der Waals surface area contributed by atoms with Gasteiger partial charge in [0.1, 0.15) is 11.5 Å². The van der Waals surface area contributed by atoms with Gasteiger partial charge in [-0.05, 0) is 48.4 Å². The number of nitrogens with two attached hydrogens (primary N) is 1. The highest BCUT2D eigenvalue weighted by Crippen LogP contribution is 2.23. The molecule has 0 spiro atoms. The summed E-state index contributed by atoms with van der Waals surface area (Å²) in [6.45, 7) is 1.00. The van der Waals surface area contributed by atoms with Gasteiger partial charge >= 0.3 is 0 Å². The molecular weight excluding hydrogens is 332 g/mol. The zero-order chi connectivity index (χ0) is 18.8. The van der Waals surface area contributed by atoms with Crippen molar-refractivity contribution in [3.63, 3.8) is 0 Å². The van der Waals surface area contributed by atoms with Crippen LogP contribution >= 0.6 is 0 Å². The molecule has 1 unspecified atom stereocenters. The Kier molecular flexibility index (Phi) is 8.08. The molecule has 0 radical (unpaired) electrons. The third-order valence-corrected chi connectivity index (χ3v) is 3.90. The SMILES string of the molecule is COCCc1ccc(Oc2ccc(NC(=O)CC(CN)OC)cc2)cc1. The lowest BCUT2D eigenvalue weighted by atomic mass is 10.1. The topological polar surface area (TPSA) is 82.8 Å². The zero-order valence-corrected chi connectivity index (χ0v) is 15.2. The Morgan fingerprint density at radius 2 is 1.65 bits per heavy atom.